The van der Waals surface area contributed by atoms with Crippen LogP contribution < -0.4 is 10.6 Å². The van der Waals surface area contributed by atoms with Gasteiger partial charge in [-0.05, 0) is 66.8 Å². The van der Waals surface area contributed by atoms with Gasteiger partial charge in [0.25, 0.3) is 5.91 Å². The number of hydrogen-bond acceptors (Lipinski definition) is 5. The predicted molar refractivity (Wildman–Crippen MR) is 160 cm³/mol. The van der Waals surface area contributed by atoms with Crippen LogP contribution in [0.3, 0.4) is 0 Å². The Morgan fingerprint density at radius 2 is 1.50 bits per heavy atom. The average molecular weight is 534 g/mol. The summed E-state index contributed by atoms with van der Waals surface area (Å²) in [5, 5.41) is 6.66. The van der Waals surface area contributed by atoms with Gasteiger partial charge in [-0.3, -0.25) is 9.69 Å². The molecule has 1 aliphatic rings. The average Bonchev–Trinajstić information content (AvgIpc) is 2.99. The summed E-state index contributed by atoms with van der Waals surface area (Å²) in [6.07, 6.45) is 1.82. The number of rotatable bonds is 8. The number of methoxy groups -OCH3 is 1. The fourth-order valence-corrected chi connectivity index (χ4v) is 5.38. The minimum absolute atomic E-state index is 0.138. The quantitative estimate of drug-likeness (QED) is 0.247. The number of ether oxygens (including phenoxy) is 1. The van der Waals surface area contributed by atoms with Crippen LogP contribution in [0, 0.1) is 6.92 Å². The number of hydrogen-bond donors (Lipinski definition) is 2. The van der Waals surface area contributed by atoms with E-state index in [9.17, 15) is 9.59 Å². The molecular weight excluding hydrogens is 498 g/mol. The van der Waals surface area contributed by atoms with Crippen molar-refractivity contribution in [3.63, 3.8) is 0 Å². The van der Waals surface area contributed by atoms with E-state index in [4.69, 9.17) is 4.74 Å². The topological polar surface area (TPSA) is 70.7 Å². The highest BCUT2D eigenvalue weighted by Gasteiger charge is 2.32. The van der Waals surface area contributed by atoms with E-state index < -0.39 is 0 Å². The number of amides is 1. The van der Waals surface area contributed by atoms with Crippen LogP contribution in [0.1, 0.15) is 40.4 Å². The molecule has 6 nitrogen and oxygen atoms in total. The number of carbonyl (C=O) groups excluding carboxylic acids is 2. The van der Waals surface area contributed by atoms with Crippen molar-refractivity contribution in [3.8, 4) is 11.1 Å². The molecular formula is C34H35N3O3. The number of benzene rings is 4. The fraction of sp³-hybridized carbons (Fsp3) is 0.235. The summed E-state index contributed by atoms with van der Waals surface area (Å²) in [7, 11) is 1.45. The van der Waals surface area contributed by atoms with Crippen LogP contribution >= 0.6 is 0 Å². The lowest BCUT2D eigenvalue weighted by atomic mass is 9.98. The van der Waals surface area contributed by atoms with Crippen LogP contribution in [-0.4, -0.2) is 43.0 Å². The number of aryl methyl sites for hydroxylation is 1. The van der Waals surface area contributed by atoms with Gasteiger partial charge < -0.3 is 15.4 Å². The van der Waals surface area contributed by atoms with Crippen LogP contribution in [0.25, 0.3) is 11.1 Å². The molecule has 1 aliphatic heterocycles. The first-order valence-corrected chi connectivity index (χ1v) is 13.7. The maximum absolute atomic E-state index is 13.1. The molecule has 1 heterocycles. The number of carbonyl (C=O) groups is 2. The molecule has 1 unspecified atom stereocenters. The highest BCUT2D eigenvalue weighted by Crippen LogP contribution is 2.28. The molecule has 4 aromatic carbocycles. The van der Waals surface area contributed by atoms with Crippen molar-refractivity contribution >= 4 is 23.3 Å². The van der Waals surface area contributed by atoms with E-state index in [1.165, 1.54) is 7.11 Å². The van der Waals surface area contributed by atoms with Gasteiger partial charge in [-0.15, -0.1) is 0 Å². The maximum atomic E-state index is 13.1. The van der Waals surface area contributed by atoms with Gasteiger partial charge in [-0.1, -0.05) is 78.4 Å². The Morgan fingerprint density at radius 1 is 0.825 bits per heavy atom. The van der Waals surface area contributed by atoms with E-state index in [2.05, 4.69) is 21.6 Å². The number of nitrogens with zero attached hydrogens (tertiary/aromatic N) is 1. The van der Waals surface area contributed by atoms with Crippen molar-refractivity contribution in [1.82, 2.24) is 4.90 Å². The molecule has 0 saturated carbocycles. The van der Waals surface area contributed by atoms with Gasteiger partial charge in [-0.25, -0.2) is 4.79 Å². The lowest BCUT2D eigenvalue weighted by Crippen LogP contribution is -2.43. The van der Waals surface area contributed by atoms with Gasteiger partial charge >= 0.3 is 5.97 Å². The summed E-state index contributed by atoms with van der Waals surface area (Å²) < 4.78 is 5.15. The molecule has 1 saturated heterocycles. The van der Waals surface area contributed by atoms with E-state index in [0.29, 0.717) is 11.6 Å². The first kappa shape index (κ1) is 27.2. The Hall–Kier alpha value is -4.42. The summed E-state index contributed by atoms with van der Waals surface area (Å²) in [6, 6.07) is 33.4. The molecule has 0 bridgehead atoms. The summed E-state index contributed by atoms with van der Waals surface area (Å²) in [5.41, 5.74) is 6.40. The van der Waals surface area contributed by atoms with E-state index in [1.54, 1.807) is 0 Å². The molecule has 1 amide bonds. The van der Waals surface area contributed by atoms with Crippen molar-refractivity contribution in [2.24, 2.45) is 0 Å². The highest BCUT2D eigenvalue weighted by atomic mass is 16.5. The summed E-state index contributed by atoms with van der Waals surface area (Å²) >= 11 is 0. The number of likely N-dealkylation sites (tertiary alicyclic amines) is 1. The first-order valence-electron chi connectivity index (χ1n) is 13.7. The molecule has 1 atom stereocenters. The van der Waals surface area contributed by atoms with E-state index in [-0.39, 0.29) is 17.9 Å². The van der Waals surface area contributed by atoms with Gasteiger partial charge in [0.2, 0.25) is 0 Å². The zero-order valence-corrected chi connectivity index (χ0v) is 23.0. The Bertz CT molecular complexity index is 1450. The zero-order valence-electron chi connectivity index (χ0n) is 23.0. The molecule has 6 heteroatoms. The molecule has 40 heavy (non-hydrogen) atoms. The second-order valence-electron chi connectivity index (χ2n) is 10.2. The van der Waals surface area contributed by atoms with Crippen molar-refractivity contribution in [2.75, 3.05) is 30.8 Å². The number of piperidine rings is 1. The molecule has 0 aliphatic carbocycles. The Morgan fingerprint density at radius 3 is 2.20 bits per heavy atom. The van der Waals surface area contributed by atoms with Crippen LogP contribution in [-0.2, 0) is 9.53 Å². The van der Waals surface area contributed by atoms with Gasteiger partial charge in [0.05, 0.1) is 7.11 Å². The SMILES string of the molecule is COC(=O)C(c1cccc(C)c1)N1CCC(Nc2ccc(NC(=O)c3ccccc3-c3ccccc3)cc2)CC1. The van der Waals surface area contributed by atoms with Crippen molar-refractivity contribution in [1.29, 1.82) is 0 Å². The smallest absolute Gasteiger partial charge is 0.327 e. The Labute approximate surface area is 236 Å². The monoisotopic (exact) mass is 533 g/mol. The normalized spacial score (nSPS) is 14.8. The molecule has 204 valence electrons. The molecule has 4 aromatic rings. The Balaban J connectivity index is 1.18. The minimum Gasteiger partial charge on any atom is -0.468 e. The number of anilines is 2. The summed E-state index contributed by atoms with van der Waals surface area (Å²) in [5.74, 6) is -0.359. The van der Waals surface area contributed by atoms with Gasteiger partial charge in [0.15, 0.2) is 0 Å². The Kier molecular flexibility index (Phi) is 8.57. The second kappa shape index (κ2) is 12.6. The largest absolute Gasteiger partial charge is 0.468 e. The third-order valence-corrected chi connectivity index (χ3v) is 7.45. The molecule has 0 spiro atoms. The third-order valence-electron chi connectivity index (χ3n) is 7.45. The van der Waals surface area contributed by atoms with Crippen LogP contribution in [0.5, 0.6) is 0 Å². The first-order chi connectivity index (χ1) is 19.5. The van der Waals surface area contributed by atoms with Crippen molar-refractivity contribution < 1.29 is 14.3 Å². The number of esters is 1. The molecule has 2 N–H and O–H groups in total. The zero-order chi connectivity index (χ0) is 27.9. The van der Waals surface area contributed by atoms with Gasteiger partial charge in [0.1, 0.15) is 6.04 Å². The minimum atomic E-state index is -0.388. The van der Waals surface area contributed by atoms with E-state index in [1.807, 2.05) is 104 Å². The van der Waals surface area contributed by atoms with Gasteiger partial charge in [0, 0.05) is 36.1 Å². The predicted octanol–water partition coefficient (Wildman–Crippen LogP) is 6.70. The molecule has 0 aromatic heterocycles. The number of nitrogens with one attached hydrogen (secondary N) is 2. The lowest BCUT2D eigenvalue weighted by Gasteiger charge is -2.37. The van der Waals surface area contributed by atoms with Crippen LogP contribution in [0.4, 0.5) is 11.4 Å². The van der Waals surface area contributed by atoms with Crippen LogP contribution in [0.15, 0.2) is 103 Å². The standard InChI is InChI=1S/C34H35N3O3/c1-24-9-8-12-26(23-24)32(34(39)40-2)37-21-19-29(20-22-37)35-27-15-17-28(18-16-27)36-33(38)31-14-7-6-13-30(31)25-10-4-3-5-11-25/h3-18,23,29,32,35H,19-22H2,1-2H3,(H,36,38). The van der Waals surface area contributed by atoms with Gasteiger partial charge in [-0.2, -0.15) is 0 Å². The molecule has 0 radical (unpaired) electrons. The summed E-state index contributed by atoms with van der Waals surface area (Å²) in [4.78, 5) is 28.0. The lowest BCUT2D eigenvalue weighted by molar-refractivity contribution is -0.147. The highest BCUT2D eigenvalue weighted by molar-refractivity contribution is 6.08. The van der Waals surface area contributed by atoms with E-state index >= 15 is 0 Å². The van der Waals surface area contributed by atoms with E-state index in [0.717, 1.165) is 59.6 Å². The maximum Gasteiger partial charge on any atom is 0.327 e. The second-order valence-corrected chi connectivity index (χ2v) is 10.2. The van der Waals surface area contributed by atoms with Crippen molar-refractivity contribution in [3.05, 3.63) is 120 Å². The summed E-state index contributed by atoms with van der Waals surface area (Å²) in [6.45, 7) is 3.62. The van der Waals surface area contributed by atoms with Crippen LogP contribution in [0.2, 0.25) is 0 Å². The van der Waals surface area contributed by atoms with Crippen molar-refractivity contribution in [2.45, 2.75) is 31.8 Å². The molecule has 5 rings (SSSR count). The molecule has 1 fully saturated rings. The third kappa shape index (κ3) is 6.41. The fourth-order valence-electron chi connectivity index (χ4n) is 5.38.